The molecule has 3 aromatic rings. The van der Waals surface area contributed by atoms with Crippen molar-refractivity contribution in [3.05, 3.63) is 70.8 Å². The summed E-state index contributed by atoms with van der Waals surface area (Å²) in [5, 5.41) is 30.9. The summed E-state index contributed by atoms with van der Waals surface area (Å²) in [5.41, 5.74) is 2.79. The highest BCUT2D eigenvalue weighted by molar-refractivity contribution is 5.52. The summed E-state index contributed by atoms with van der Waals surface area (Å²) in [6, 6.07) is 13.5. The van der Waals surface area contributed by atoms with E-state index in [-0.39, 0.29) is 17.2 Å². The van der Waals surface area contributed by atoms with Crippen molar-refractivity contribution >= 4 is 0 Å². The summed E-state index contributed by atoms with van der Waals surface area (Å²) in [5.74, 6) is 1.92. The number of hydrogen-bond acceptors (Lipinski definition) is 6. The molecule has 0 saturated carbocycles. The maximum atomic E-state index is 10.4. The standard InChI is InChI=1S/C23H24O6/c1-27-18-6-4-14(20(24)11-18)8-16-10-17(23(29-3)13-22(16)26)9-15-5-7-19(28-2)12-21(15)25/h4-7,10-13,24-26H,8-9H2,1-3H3. The molecule has 0 heterocycles. The van der Waals surface area contributed by atoms with Crippen LogP contribution in [0.15, 0.2) is 48.5 Å². The van der Waals surface area contributed by atoms with Gasteiger partial charge in [-0.15, -0.1) is 0 Å². The van der Waals surface area contributed by atoms with Gasteiger partial charge in [-0.05, 0) is 40.5 Å². The summed E-state index contributed by atoms with van der Waals surface area (Å²) < 4.78 is 15.6. The fourth-order valence-electron chi connectivity index (χ4n) is 3.19. The van der Waals surface area contributed by atoms with E-state index in [1.54, 1.807) is 36.4 Å². The van der Waals surface area contributed by atoms with E-state index in [9.17, 15) is 15.3 Å². The van der Waals surface area contributed by atoms with Crippen molar-refractivity contribution in [1.82, 2.24) is 0 Å². The predicted molar refractivity (Wildman–Crippen MR) is 110 cm³/mol. The van der Waals surface area contributed by atoms with Gasteiger partial charge in [-0.25, -0.2) is 0 Å². The van der Waals surface area contributed by atoms with Gasteiger partial charge in [0.25, 0.3) is 0 Å². The van der Waals surface area contributed by atoms with Crippen LogP contribution in [0, 0.1) is 0 Å². The van der Waals surface area contributed by atoms with E-state index >= 15 is 0 Å². The zero-order chi connectivity index (χ0) is 21.0. The van der Waals surface area contributed by atoms with Gasteiger partial charge in [0.1, 0.15) is 34.5 Å². The van der Waals surface area contributed by atoms with E-state index in [2.05, 4.69) is 0 Å². The second kappa shape index (κ2) is 8.65. The van der Waals surface area contributed by atoms with Crippen LogP contribution in [0.5, 0.6) is 34.5 Å². The predicted octanol–water partition coefficient (Wildman–Crippen LogP) is 4.01. The van der Waals surface area contributed by atoms with Crippen molar-refractivity contribution < 1.29 is 29.5 Å². The third kappa shape index (κ3) is 4.48. The summed E-state index contributed by atoms with van der Waals surface area (Å²) in [7, 11) is 4.60. The number of aromatic hydroxyl groups is 3. The van der Waals surface area contributed by atoms with E-state index in [1.807, 2.05) is 6.07 Å². The Labute approximate surface area is 169 Å². The smallest absolute Gasteiger partial charge is 0.126 e. The van der Waals surface area contributed by atoms with Crippen LogP contribution in [0.4, 0.5) is 0 Å². The first-order chi connectivity index (χ1) is 13.9. The van der Waals surface area contributed by atoms with Crippen LogP contribution in [0.3, 0.4) is 0 Å². The first kappa shape index (κ1) is 20.2. The first-order valence-corrected chi connectivity index (χ1v) is 9.05. The molecule has 0 aromatic heterocycles. The maximum absolute atomic E-state index is 10.4. The van der Waals surface area contributed by atoms with Crippen LogP contribution >= 0.6 is 0 Å². The normalized spacial score (nSPS) is 10.6. The zero-order valence-corrected chi connectivity index (χ0v) is 16.6. The molecule has 0 aliphatic carbocycles. The number of ether oxygens (including phenoxy) is 3. The molecule has 3 rings (SSSR count). The molecule has 0 fully saturated rings. The zero-order valence-electron chi connectivity index (χ0n) is 16.6. The van der Waals surface area contributed by atoms with Crippen LogP contribution in [0.2, 0.25) is 0 Å². The Morgan fingerprint density at radius 2 is 1.03 bits per heavy atom. The summed E-state index contributed by atoms with van der Waals surface area (Å²) in [6.45, 7) is 0. The van der Waals surface area contributed by atoms with E-state index in [0.29, 0.717) is 46.8 Å². The van der Waals surface area contributed by atoms with Crippen molar-refractivity contribution in [2.75, 3.05) is 21.3 Å². The minimum atomic E-state index is 0.0692. The van der Waals surface area contributed by atoms with Gasteiger partial charge in [-0.2, -0.15) is 0 Å². The lowest BCUT2D eigenvalue weighted by molar-refractivity contribution is 0.401. The average Bonchev–Trinajstić information content (AvgIpc) is 2.72. The third-order valence-corrected chi connectivity index (χ3v) is 4.83. The minimum Gasteiger partial charge on any atom is -0.508 e. The molecular weight excluding hydrogens is 372 g/mol. The van der Waals surface area contributed by atoms with E-state index < -0.39 is 0 Å². The van der Waals surface area contributed by atoms with Gasteiger partial charge in [0.15, 0.2) is 0 Å². The molecule has 0 saturated heterocycles. The molecule has 6 heteroatoms. The first-order valence-electron chi connectivity index (χ1n) is 9.05. The third-order valence-electron chi connectivity index (χ3n) is 4.83. The van der Waals surface area contributed by atoms with E-state index in [4.69, 9.17) is 14.2 Å². The molecule has 152 valence electrons. The molecule has 3 aromatic carbocycles. The van der Waals surface area contributed by atoms with Gasteiger partial charge in [-0.3, -0.25) is 0 Å². The SMILES string of the molecule is COc1ccc(Cc2cc(Cc3ccc(OC)cc3O)c(OC)cc2O)c(O)c1. The second-order valence-electron chi connectivity index (χ2n) is 6.64. The summed E-state index contributed by atoms with van der Waals surface area (Å²) >= 11 is 0. The van der Waals surface area contributed by atoms with Gasteiger partial charge in [0.2, 0.25) is 0 Å². The Kier molecular flexibility index (Phi) is 6.02. The molecule has 0 atom stereocenters. The highest BCUT2D eigenvalue weighted by Gasteiger charge is 2.15. The molecule has 0 radical (unpaired) electrons. The van der Waals surface area contributed by atoms with Crippen LogP contribution in [-0.4, -0.2) is 36.6 Å². The summed E-state index contributed by atoms with van der Waals surface area (Å²) in [6.07, 6.45) is 0.730. The monoisotopic (exact) mass is 396 g/mol. The van der Waals surface area contributed by atoms with Crippen molar-refractivity contribution in [2.45, 2.75) is 12.8 Å². The van der Waals surface area contributed by atoms with Gasteiger partial charge in [-0.1, -0.05) is 12.1 Å². The Bertz CT molecular complexity index is 1010. The lowest BCUT2D eigenvalue weighted by atomic mass is 9.96. The van der Waals surface area contributed by atoms with E-state index in [1.165, 1.54) is 27.4 Å². The van der Waals surface area contributed by atoms with Crippen LogP contribution in [0.1, 0.15) is 22.3 Å². The number of phenolic OH excluding ortho intramolecular Hbond substituents is 3. The van der Waals surface area contributed by atoms with Gasteiger partial charge < -0.3 is 29.5 Å². The van der Waals surface area contributed by atoms with Gasteiger partial charge in [0, 0.05) is 31.0 Å². The maximum Gasteiger partial charge on any atom is 0.126 e. The summed E-state index contributed by atoms with van der Waals surface area (Å²) in [4.78, 5) is 0. The molecule has 0 amide bonds. The molecule has 0 aliphatic heterocycles. The van der Waals surface area contributed by atoms with Crippen LogP contribution < -0.4 is 14.2 Å². The molecule has 0 unspecified atom stereocenters. The molecule has 0 bridgehead atoms. The van der Waals surface area contributed by atoms with Crippen LogP contribution in [-0.2, 0) is 12.8 Å². The fourth-order valence-corrected chi connectivity index (χ4v) is 3.19. The van der Waals surface area contributed by atoms with Crippen molar-refractivity contribution in [1.29, 1.82) is 0 Å². The van der Waals surface area contributed by atoms with Gasteiger partial charge in [0.05, 0.1) is 21.3 Å². The molecule has 29 heavy (non-hydrogen) atoms. The molecular formula is C23H24O6. The Morgan fingerprint density at radius 1 is 0.552 bits per heavy atom. The fraction of sp³-hybridized carbons (Fsp3) is 0.217. The molecule has 6 nitrogen and oxygen atoms in total. The number of phenols is 3. The molecule has 0 spiro atoms. The number of methoxy groups -OCH3 is 3. The topological polar surface area (TPSA) is 88.4 Å². The Hall–Kier alpha value is -3.54. The van der Waals surface area contributed by atoms with Crippen molar-refractivity contribution in [3.8, 4) is 34.5 Å². The quantitative estimate of drug-likeness (QED) is 0.559. The second-order valence-corrected chi connectivity index (χ2v) is 6.64. The lowest BCUT2D eigenvalue weighted by Gasteiger charge is -2.15. The highest BCUT2D eigenvalue weighted by Crippen LogP contribution is 2.35. The Morgan fingerprint density at radius 3 is 1.48 bits per heavy atom. The average molecular weight is 396 g/mol. The van der Waals surface area contributed by atoms with Gasteiger partial charge >= 0.3 is 0 Å². The number of rotatable bonds is 7. The Balaban J connectivity index is 1.94. The van der Waals surface area contributed by atoms with E-state index in [0.717, 1.165) is 5.56 Å². The van der Waals surface area contributed by atoms with Crippen molar-refractivity contribution in [2.24, 2.45) is 0 Å². The highest BCUT2D eigenvalue weighted by atomic mass is 16.5. The molecule has 0 aliphatic rings. The van der Waals surface area contributed by atoms with Crippen molar-refractivity contribution in [3.63, 3.8) is 0 Å². The lowest BCUT2D eigenvalue weighted by Crippen LogP contribution is -1.99. The van der Waals surface area contributed by atoms with Crippen LogP contribution in [0.25, 0.3) is 0 Å². The number of benzene rings is 3. The molecule has 3 N–H and O–H groups in total. The minimum absolute atomic E-state index is 0.0692. The number of hydrogen-bond donors (Lipinski definition) is 3. The largest absolute Gasteiger partial charge is 0.508 e.